The first-order chi connectivity index (χ1) is 16.5. The number of amides is 2. The molecule has 7 heteroatoms. The molecule has 3 aromatic rings. The fourth-order valence-electron chi connectivity index (χ4n) is 5.33. The molecule has 0 radical (unpaired) electrons. The smallest absolute Gasteiger partial charge is 0.271 e. The van der Waals surface area contributed by atoms with E-state index in [1.165, 1.54) is 12.8 Å². The monoisotopic (exact) mass is 479 g/mol. The van der Waals surface area contributed by atoms with Gasteiger partial charge in [0.2, 0.25) is 5.91 Å². The highest BCUT2D eigenvalue weighted by Crippen LogP contribution is 2.35. The van der Waals surface area contributed by atoms with E-state index in [-0.39, 0.29) is 17.9 Å². The molecule has 5 rings (SSSR count). The summed E-state index contributed by atoms with van der Waals surface area (Å²) in [5.74, 6) is 0.655. The Morgan fingerprint density at radius 2 is 1.88 bits per heavy atom. The number of hydrogen-bond donors (Lipinski definition) is 1. The molecule has 2 aromatic heterocycles. The SMILES string of the molecule is CCOc1ccc(CN2C(=O)c3cc4sccc4n3C[C@]2(C)C(=O)NC2CCCCCC2)cc1. The normalized spacial score (nSPS) is 21.4. The molecule has 1 aliphatic heterocycles. The minimum atomic E-state index is -0.983. The van der Waals surface area contributed by atoms with Gasteiger partial charge in [0.1, 0.15) is 17.0 Å². The van der Waals surface area contributed by atoms with Crippen LogP contribution in [-0.4, -0.2) is 39.5 Å². The van der Waals surface area contributed by atoms with E-state index < -0.39 is 5.54 Å². The van der Waals surface area contributed by atoms with Gasteiger partial charge >= 0.3 is 0 Å². The molecule has 0 unspecified atom stereocenters. The van der Waals surface area contributed by atoms with Crippen LogP contribution < -0.4 is 10.1 Å². The van der Waals surface area contributed by atoms with E-state index in [0.29, 0.717) is 25.4 Å². The quantitative estimate of drug-likeness (QED) is 0.485. The second-order valence-corrected chi connectivity index (χ2v) is 10.6. The lowest BCUT2D eigenvalue weighted by Gasteiger charge is -2.44. The van der Waals surface area contributed by atoms with E-state index in [1.54, 1.807) is 16.2 Å². The first kappa shape index (κ1) is 23.0. The number of carbonyl (C=O) groups is 2. The summed E-state index contributed by atoms with van der Waals surface area (Å²) in [5.41, 5.74) is 1.69. The van der Waals surface area contributed by atoms with Gasteiger partial charge in [0.05, 0.1) is 23.4 Å². The minimum absolute atomic E-state index is 0.0542. The summed E-state index contributed by atoms with van der Waals surface area (Å²) in [6.07, 6.45) is 6.78. The second kappa shape index (κ2) is 9.45. The lowest BCUT2D eigenvalue weighted by molar-refractivity contribution is -0.134. The summed E-state index contributed by atoms with van der Waals surface area (Å²) in [5, 5.41) is 5.37. The molecule has 1 aliphatic carbocycles. The number of carbonyl (C=O) groups excluding carboxylic acids is 2. The van der Waals surface area contributed by atoms with Crippen LogP contribution in [0, 0.1) is 0 Å². The second-order valence-electron chi connectivity index (χ2n) is 9.69. The van der Waals surface area contributed by atoms with E-state index in [4.69, 9.17) is 4.74 Å². The maximum Gasteiger partial charge on any atom is 0.271 e. The molecule has 3 heterocycles. The molecular weight excluding hydrogens is 446 g/mol. The van der Waals surface area contributed by atoms with Crippen molar-refractivity contribution in [2.24, 2.45) is 0 Å². The van der Waals surface area contributed by atoms with Crippen molar-refractivity contribution in [1.29, 1.82) is 0 Å². The fraction of sp³-hybridized carbons (Fsp3) is 0.481. The average Bonchev–Trinajstić information content (AvgIpc) is 3.32. The van der Waals surface area contributed by atoms with Crippen molar-refractivity contribution in [3.05, 3.63) is 53.0 Å². The molecule has 2 amide bonds. The molecule has 1 N–H and O–H groups in total. The van der Waals surface area contributed by atoms with Crippen LogP contribution in [0.3, 0.4) is 0 Å². The Bertz CT molecular complexity index is 1170. The van der Waals surface area contributed by atoms with Crippen molar-refractivity contribution in [3.8, 4) is 5.75 Å². The molecule has 6 nitrogen and oxygen atoms in total. The summed E-state index contributed by atoms with van der Waals surface area (Å²) in [4.78, 5) is 29.5. The number of ether oxygens (including phenoxy) is 1. The van der Waals surface area contributed by atoms with Crippen LogP contribution >= 0.6 is 11.3 Å². The Labute approximate surface area is 204 Å². The molecule has 1 atom stereocenters. The Balaban J connectivity index is 1.48. The number of nitrogens with one attached hydrogen (secondary N) is 1. The zero-order chi connectivity index (χ0) is 23.7. The van der Waals surface area contributed by atoms with Gasteiger partial charge in [0.25, 0.3) is 5.91 Å². The van der Waals surface area contributed by atoms with Gasteiger partial charge in [0, 0.05) is 12.6 Å². The Morgan fingerprint density at radius 1 is 1.15 bits per heavy atom. The lowest BCUT2D eigenvalue weighted by Crippen LogP contribution is -2.64. The Hall–Kier alpha value is -2.80. The van der Waals surface area contributed by atoms with E-state index in [0.717, 1.165) is 47.2 Å². The number of fused-ring (bicyclic) bond motifs is 3. The number of thiophene rings is 1. The molecule has 1 aromatic carbocycles. The van der Waals surface area contributed by atoms with Crippen LogP contribution in [0.2, 0.25) is 0 Å². The number of benzene rings is 1. The highest BCUT2D eigenvalue weighted by molar-refractivity contribution is 7.17. The molecule has 0 spiro atoms. The summed E-state index contributed by atoms with van der Waals surface area (Å²) < 4.78 is 8.69. The van der Waals surface area contributed by atoms with Crippen LogP contribution in [0.15, 0.2) is 41.8 Å². The zero-order valence-electron chi connectivity index (χ0n) is 20.0. The maximum atomic E-state index is 13.9. The first-order valence-corrected chi connectivity index (χ1v) is 13.3. The topological polar surface area (TPSA) is 63.6 Å². The molecule has 34 heavy (non-hydrogen) atoms. The fourth-order valence-corrected chi connectivity index (χ4v) is 6.15. The van der Waals surface area contributed by atoms with Crippen molar-refractivity contribution in [2.75, 3.05) is 6.61 Å². The predicted molar refractivity (Wildman–Crippen MR) is 135 cm³/mol. The number of hydrogen-bond acceptors (Lipinski definition) is 4. The van der Waals surface area contributed by atoms with Crippen molar-refractivity contribution >= 4 is 33.4 Å². The van der Waals surface area contributed by atoms with Gasteiger partial charge in [-0.2, -0.15) is 0 Å². The highest BCUT2D eigenvalue weighted by atomic mass is 32.1. The van der Waals surface area contributed by atoms with Gasteiger partial charge in [0.15, 0.2) is 0 Å². The zero-order valence-corrected chi connectivity index (χ0v) is 20.8. The molecular formula is C27H33N3O3S. The average molecular weight is 480 g/mol. The van der Waals surface area contributed by atoms with Crippen molar-refractivity contribution < 1.29 is 14.3 Å². The van der Waals surface area contributed by atoms with Gasteiger partial charge in [-0.1, -0.05) is 37.8 Å². The molecule has 2 aliphatic rings. The standard InChI is InChI=1S/C27H33N3O3S/c1-3-33-21-12-10-19(11-13-21)17-30-25(31)23-16-24-22(14-15-34-24)29(23)18-27(30,2)26(32)28-20-8-6-4-5-7-9-20/h10-16,20H,3-9,17-18H2,1-2H3,(H,28,32)/t27-/m1/s1. The highest BCUT2D eigenvalue weighted by Gasteiger charge is 2.48. The van der Waals surface area contributed by atoms with Gasteiger partial charge in [-0.15, -0.1) is 11.3 Å². The summed E-state index contributed by atoms with van der Waals surface area (Å²) in [6.45, 7) is 5.31. The third-order valence-electron chi connectivity index (χ3n) is 7.30. The van der Waals surface area contributed by atoms with Crippen LogP contribution in [0.4, 0.5) is 0 Å². The molecule has 0 bridgehead atoms. The van der Waals surface area contributed by atoms with Gasteiger partial charge < -0.3 is 19.5 Å². The van der Waals surface area contributed by atoms with E-state index >= 15 is 0 Å². The number of aromatic nitrogens is 1. The Kier molecular flexibility index (Phi) is 6.38. The first-order valence-electron chi connectivity index (χ1n) is 12.4. The van der Waals surface area contributed by atoms with E-state index in [1.807, 2.05) is 60.2 Å². The van der Waals surface area contributed by atoms with Crippen LogP contribution in [-0.2, 0) is 17.9 Å². The lowest BCUT2D eigenvalue weighted by atomic mass is 9.93. The minimum Gasteiger partial charge on any atom is -0.494 e. The van der Waals surface area contributed by atoms with Gasteiger partial charge in [-0.3, -0.25) is 9.59 Å². The van der Waals surface area contributed by atoms with Crippen LogP contribution in [0.1, 0.15) is 68.4 Å². The van der Waals surface area contributed by atoms with E-state index in [9.17, 15) is 9.59 Å². The van der Waals surface area contributed by atoms with E-state index in [2.05, 4.69) is 5.32 Å². The van der Waals surface area contributed by atoms with Crippen LogP contribution in [0.25, 0.3) is 10.2 Å². The number of nitrogens with zero attached hydrogens (tertiary/aromatic N) is 2. The van der Waals surface area contributed by atoms with Crippen molar-refractivity contribution in [3.63, 3.8) is 0 Å². The summed E-state index contributed by atoms with van der Waals surface area (Å²) in [7, 11) is 0. The van der Waals surface area contributed by atoms with Crippen molar-refractivity contribution in [1.82, 2.24) is 14.8 Å². The van der Waals surface area contributed by atoms with Gasteiger partial charge in [-0.25, -0.2) is 0 Å². The maximum absolute atomic E-state index is 13.9. The summed E-state index contributed by atoms with van der Waals surface area (Å²) in [6, 6.07) is 12.0. The van der Waals surface area contributed by atoms with Gasteiger partial charge in [-0.05, 0) is 61.9 Å². The van der Waals surface area contributed by atoms with Crippen LogP contribution in [0.5, 0.6) is 5.75 Å². The molecule has 1 fully saturated rings. The third-order valence-corrected chi connectivity index (χ3v) is 8.16. The molecule has 180 valence electrons. The summed E-state index contributed by atoms with van der Waals surface area (Å²) >= 11 is 1.63. The Morgan fingerprint density at radius 3 is 2.59 bits per heavy atom. The largest absolute Gasteiger partial charge is 0.494 e. The van der Waals surface area contributed by atoms with Crippen molar-refractivity contribution in [2.45, 2.75) is 77.0 Å². The number of rotatable bonds is 6. The molecule has 0 saturated heterocycles. The predicted octanol–water partition coefficient (Wildman–Crippen LogP) is 5.36. The molecule has 1 saturated carbocycles. The third kappa shape index (κ3) is 4.22.